The molecule has 0 unspecified atom stereocenters. The summed E-state index contributed by atoms with van der Waals surface area (Å²) in [7, 11) is 0. The van der Waals surface area contributed by atoms with E-state index in [1.54, 1.807) is 42.5 Å². The van der Waals surface area contributed by atoms with Crippen molar-refractivity contribution < 1.29 is 39.8 Å². The number of hydrogen-bond donors (Lipinski definition) is 0. The lowest BCUT2D eigenvalue weighted by molar-refractivity contribution is 1.62. The van der Waals surface area contributed by atoms with Crippen molar-refractivity contribution in [3.8, 4) is 145 Å². The van der Waals surface area contributed by atoms with Gasteiger partial charge in [0.1, 0.15) is 0 Å². The van der Waals surface area contributed by atoms with Gasteiger partial charge in [0.2, 0.25) is 0 Å². The van der Waals surface area contributed by atoms with E-state index >= 15 is 0 Å². The molecular formula is C150H102. The summed E-state index contributed by atoms with van der Waals surface area (Å²) in [5, 5.41) is 17.4. The van der Waals surface area contributed by atoms with E-state index in [1.165, 1.54) is 82.9 Å². The van der Waals surface area contributed by atoms with E-state index in [9.17, 15) is 5.48 Å². The topological polar surface area (TPSA) is 0 Å². The van der Waals surface area contributed by atoms with Crippen molar-refractivity contribution >= 4 is 129 Å². The lowest BCUT2D eigenvalue weighted by Crippen LogP contribution is -1.92. The van der Waals surface area contributed by atoms with E-state index in [1.807, 2.05) is 109 Å². The number of benzene rings is 29. The lowest BCUT2D eigenvalue weighted by atomic mass is 9.84. The van der Waals surface area contributed by atoms with Crippen LogP contribution in [-0.2, 0) is 0 Å². The van der Waals surface area contributed by atoms with E-state index in [2.05, 4.69) is 279 Å². The van der Waals surface area contributed by atoms with E-state index < -0.39 is 153 Å². The summed E-state index contributed by atoms with van der Waals surface area (Å²) in [5.74, 6) is 0. The Morgan fingerprint density at radius 2 is 0.400 bits per heavy atom. The normalized spacial score (nSPS) is 13.9. The molecule has 150 heavy (non-hydrogen) atoms. The van der Waals surface area contributed by atoms with Crippen LogP contribution in [0.15, 0.2) is 606 Å². The van der Waals surface area contributed by atoms with Crippen molar-refractivity contribution in [2.75, 3.05) is 0 Å². The number of hydrogen-bond acceptors (Lipinski definition) is 0. The molecule has 702 valence electrons. The third kappa shape index (κ3) is 17.0. The molecule has 0 radical (unpaired) electrons. The van der Waals surface area contributed by atoms with Crippen LogP contribution in [0, 0.1) is 0 Å². The van der Waals surface area contributed by atoms with Crippen molar-refractivity contribution in [1.29, 1.82) is 0 Å². The zero-order chi connectivity index (χ0) is 124. The zero-order valence-electron chi connectivity index (χ0n) is 109. The van der Waals surface area contributed by atoms with Gasteiger partial charge in [-0.25, -0.2) is 0 Å². The van der Waals surface area contributed by atoms with Crippen LogP contribution in [0.2, 0.25) is 0 Å². The highest BCUT2D eigenvalue weighted by atomic mass is 14.3. The average Bonchev–Trinajstić information content (AvgIpc) is 0.682. The van der Waals surface area contributed by atoms with Crippen LogP contribution >= 0.6 is 0 Å². The fraction of sp³-hybridized carbons (Fsp3) is 0. The molecule has 0 heteroatoms. The summed E-state index contributed by atoms with van der Waals surface area (Å²) in [4.78, 5) is 0. The van der Waals surface area contributed by atoms with E-state index in [0.29, 0.717) is 27.5 Å². The standard InChI is InChI=1S/C42H28.3C36H24.H2/c1-4-14-29(15-5-1)34-26-32-20-10-11-21-35(32)39(28-34)33-24-25-38-40(27-33)42(31-18-8-3-9-19-31)37-23-13-12-22-36(37)41(38)30-16-6-2-7-17-30;3*1-3-13-26(14-4-1)35-31-19-9-10-20-32(31)36(27-15-5-2-6-16-27)34-24-28(22-23-33(34)35)30-21-11-17-25-12-7-8-18-29(25)30;/h1-28H;3*1-24H;1H/i;1D,2D,3D,4D,5D,6D,9D,10D,13D,14D,15D,16D,19D,20D,22D,23D,24D;7D,8D,11D,12D,17D,18D,21D;2D,5D,15D,16D;1+1. The van der Waals surface area contributed by atoms with Gasteiger partial charge in [-0.05, 0) is 310 Å². The van der Waals surface area contributed by atoms with Gasteiger partial charge in [0.05, 0.1) is 38.4 Å². The van der Waals surface area contributed by atoms with Gasteiger partial charge in [0, 0.05) is 1.43 Å². The maximum absolute atomic E-state index is 9.80. The van der Waals surface area contributed by atoms with Crippen LogP contribution in [0.4, 0.5) is 0 Å². The first-order valence-electron chi connectivity index (χ1n) is 63.6. The summed E-state index contributed by atoms with van der Waals surface area (Å²) in [5.41, 5.74) is 18.6. The zero-order valence-corrected chi connectivity index (χ0v) is 80.6. The maximum atomic E-state index is 9.80. The molecule has 0 fully saturated rings. The highest BCUT2D eigenvalue weighted by Crippen LogP contribution is 2.53. The molecule has 0 heterocycles. The monoisotopic (exact) mass is 1930 g/mol. The second kappa shape index (κ2) is 40.2. The molecule has 0 aliphatic carbocycles. The van der Waals surface area contributed by atoms with Crippen LogP contribution in [0.5, 0.6) is 0 Å². The third-order valence-corrected chi connectivity index (χ3v) is 28.2. The van der Waals surface area contributed by atoms with Gasteiger partial charge in [-0.3, -0.25) is 0 Å². The average molecular weight is 1930 g/mol. The molecule has 29 aromatic rings. The quantitative estimate of drug-likeness (QED) is 0.101. The van der Waals surface area contributed by atoms with Crippen molar-refractivity contribution in [3.63, 3.8) is 0 Å². The van der Waals surface area contributed by atoms with E-state index in [0.717, 1.165) is 104 Å². The molecule has 0 amide bonds. The Morgan fingerprint density at radius 3 is 0.840 bits per heavy atom. The highest BCUT2D eigenvalue weighted by Gasteiger charge is 2.25. The molecule has 0 bridgehead atoms. The van der Waals surface area contributed by atoms with Crippen molar-refractivity contribution in [3.05, 3.63) is 606 Å². The molecule has 0 aromatic heterocycles. The molecule has 0 saturated carbocycles. The molecule has 0 aliphatic heterocycles. The first-order valence-corrected chi connectivity index (χ1v) is 49.6. The minimum Gasteiger partial charge on any atom is -0.0622 e. The van der Waals surface area contributed by atoms with Crippen molar-refractivity contribution in [2.24, 2.45) is 0 Å². The second-order valence-electron chi connectivity index (χ2n) is 36.7. The van der Waals surface area contributed by atoms with Gasteiger partial charge in [0.25, 0.3) is 0 Å². The largest absolute Gasteiger partial charge is 0.0636 e. The Morgan fingerprint density at radius 1 is 0.107 bits per heavy atom. The molecule has 0 N–H and O–H groups in total. The molecule has 0 saturated heterocycles. The summed E-state index contributed by atoms with van der Waals surface area (Å²) < 4.78 is 244. The minimum absolute atomic E-state index is 0. The number of fused-ring (bicyclic) bond motifs is 12. The van der Waals surface area contributed by atoms with Crippen LogP contribution < -0.4 is 0 Å². The predicted octanol–water partition coefficient (Wildman–Crippen LogP) is 42.5. The predicted molar refractivity (Wildman–Crippen MR) is 649 cm³/mol. The summed E-state index contributed by atoms with van der Waals surface area (Å²) in [6.07, 6.45) is 0. The van der Waals surface area contributed by atoms with Crippen LogP contribution in [0.1, 0.15) is 39.8 Å². The Bertz CT molecular complexity index is 12000. The van der Waals surface area contributed by atoms with Crippen LogP contribution in [0.25, 0.3) is 274 Å². The molecular weight excluding hydrogens is 1800 g/mol. The number of rotatable bonds is 13. The van der Waals surface area contributed by atoms with Gasteiger partial charge in [-0.1, -0.05) is 570 Å². The van der Waals surface area contributed by atoms with Crippen LogP contribution in [0.3, 0.4) is 0 Å². The molecule has 29 aromatic carbocycles. The molecule has 0 nitrogen and oxygen atoms in total. The summed E-state index contributed by atoms with van der Waals surface area (Å²) in [6.45, 7) is 0. The van der Waals surface area contributed by atoms with Gasteiger partial charge in [-0.15, -0.1) is 0 Å². The Labute approximate surface area is 914 Å². The maximum Gasteiger partial charge on any atom is 0.0636 e. The molecule has 0 spiro atoms. The van der Waals surface area contributed by atoms with Gasteiger partial charge < -0.3 is 0 Å². The third-order valence-electron chi connectivity index (χ3n) is 28.2. The second-order valence-corrected chi connectivity index (χ2v) is 36.7. The lowest BCUT2D eigenvalue weighted by Gasteiger charge is -2.19. The fourth-order valence-electron chi connectivity index (χ4n) is 21.7. The SMILES string of the molecule is [2HH].[2H]c1c([2H])c([2H])c(-c2c3c([2H])c([2H])c([2H])c([2H])c3c(-c3c([2H])c([2H])c([2H])c([2H])c3[2H])c3c([2H])c(-c4cccc5ccccc45)c([2H])c([2H])c23)c([2H])c1[2H].[2H]c1c([2H])c([2H])c2c(-c3ccc4c(-c5ccccc5)c5ccccc5c(-c5ccccc5)c4c3)c([2H])c([2H])c([2H])c2c1[2H].[2H]c1cc([2H])c(-c2c3ccccc3c(-c3ccccc3)c3ccc(-c4cccc5ccccc45)cc23)c([2H])c1[2H].c1ccc(-c2cc(-c3ccc4c(-c5ccccc5)c5ccccc5c(-c5ccccc5)c4c3)c3ccccc3c2)cc1. The van der Waals surface area contributed by atoms with Gasteiger partial charge >= 0.3 is 0 Å². The van der Waals surface area contributed by atoms with Crippen molar-refractivity contribution in [1.82, 2.24) is 0 Å². The van der Waals surface area contributed by atoms with Gasteiger partial charge in [-0.2, -0.15) is 0 Å². The molecule has 0 atom stereocenters. The Kier molecular flexibility index (Phi) is 17.4. The van der Waals surface area contributed by atoms with Crippen molar-refractivity contribution in [2.45, 2.75) is 0 Å². The van der Waals surface area contributed by atoms with Crippen LogP contribution in [-0.4, -0.2) is 0 Å². The van der Waals surface area contributed by atoms with E-state index in [4.69, 9.17) is 32.9 Å². The Balaban J connectivity index is 0.000000118. The highest BCUT2D eigenvalue weighted by molar-refractivity contribution is 6.27. The molecule has 29 rings (SSSR count). The van der Waals surface area contributed by atoms with Gasteiger partial charge in [0.15, 0.2) is 0 Å². The minimum atomic E-state index is -0.807. The smallest absolute Gasteiger partial charge is 0.0622 e. The first-order chi connectivity index (χ1) is 86.1. The fourth-order valence-corrected chi connectivity index (χ4v) is 21.7. The molecule has 0 aliphatic rings. The Hall–Kier alpha value is -19.5. The van der Waals surface area contributed by atoms with E-state index in [-0.39, 0.29) is 83.1 Å². The first kappa shape index (κ1) is 65.0. The summed E-state index contributed by atoms with van der Waals surface area (Å²) >= 11 is 0. The summed E-state index contributed by atoms with van der Waals surface area (Å²) in [6, 6.07) is 134.